The van der Waals surface area contributed by atoms with Crippen molar-refractivity contribution in [3.05, 3.63) is 18.2 Å². The van der Waals surface area contributed by atoms with E-state index in [1.807, 2.05) is 11.5 Å². The molecule has 1 fully saturated rings. The topological polar surface area (TPSA) is 73.3 Å². The molecule has 1 aliphatic rings. The Morgan fingerprint density at radius 3 is 3.12 bits per heavy atom. The Labute approximate surface area is 102 Å². The minimum absolute atomic E-state index is 0.356. The summed E-state index contributed by atoms with van der Waals surface area (Å²) in [5.74, 6) is 0. The highest BCUT2D eigenvalue weighted by atomic mass is 16.5. The van der Waals surface area contributed by atoms with Gasteiger partial charge in [0.1, 0.15) is 6.10 Å². The van der Waals surface area contributed by atoms with Crippen molar-refractivity contribution in [1.82, 2.24) is 9.55 Å². The fourth-order valence-corrected chi connectivity index (χ4v) is 2.50. The van der Waals surface area contributed by atoms with Crippen LogP contribution in [0.4, 0.5) is 0 Å². The van der Waals surface area contributed by atoms with Crippen LogP contribution < -0.4 is 5.73 Å². The van der Waals surface area contributed by atoms with Crippen molar-refractivity contribution in [2.75, 3.05) is 19.8 Å². The van der Waals surface area contributed by atoms with Crippen molar-refractivity contribution >= 4 is 0 Å². The second-order valence-corrected chi connectivity index (χ2v) is 4.73. The van der Waals surface area contributed by atoms with Crippen LogP contribution in [0.15, 0.2) is 12.5 Å². The molecule has 0 aliphatic carbocycles. The van der Waals surface area contributed by atoms with Crippen LogP contribution in [0.3, 0.4) is 0 Å². The van der Waals surface area contributed by atoms with Crippen LogP contribution in [0.5, 0.6) is 0 Å². The highest BCUT2D eigenvalue weighted by Crippen LogP contribution is 2.39. The minimum Gasteiger partial charge on any atom is -0.386 e. The zero-order valence-corrected chi connectivity index (χ0v) is 10.3. The van der Waals surface area contributed by atoms with Gasteiger partial charge in [0.15, 0.2) is 0 Å². The molecule has 1 aromatic rings. The SMILES string of the molecule is CCn1cncc1C(O)C1(CN)CCCOC1. The van der Waals surface area contributed by atoms with Gasteiger partial charge in [-0.2, -0.15) is 0 Å². The van der Waals surface area contributed by atoms with Crippen molar-refractivity contribution < 1.29 is 9.84 Å². The number of aromatic nitrogens is 2. The van der Waals surface area contributed by atoms with E-state index in [2.05, 4.69) is 4.98 Å². The van der Waals surface area contributed by atoms with Gasteiger partial charge in [0, 0.05) is 25.1 Å². The highest BCUT2D eigenvalue weighted by molar-refractivity contribution is 5.09. The number of imidazole rings is 1. The largest absolute Gasteiger partial charge is 0.386 e. The summed E-state index contributed by atoms with van der Waals surface area (Å²) in [6, 6.07) is 0. The lowest BCUT2D eigenvalue weighted by Gasteiger charge is -2.39. The summed E-state index contributed by atoms with van der Waals surface area (Å²) in [4.78, 5) is 4.10. The zero-order chi connectivity index (χ0) is 12.3. The van der Waals surface area contributed by atoms with Crippen molar-refractivity contribution in [1.29, 1.82) is 0 Å². The van der Waals surface area contributed by atoms with Crippen molar-refractivity contribution in [2.45, 2.75) is 32.4 Å². The summed E-state index contributed by atoms with van der Waals surface area (Å²) in [6.45, 7) is 4.56. The number of nitrogens with zero attached hydrogens (tertiary/aromatic N) is 2. The lowest BCUT2D eigenvalue weighted by atomic mass is 9.76. The van der Waals surface area contributed by atoms with Gasteiger partial charge in [0.05, 0.1) is 24.8 Å². The predicted octanol–water partition coefficient (Wildman–Crippen LogP) is 0.692. The van der Waals surface area contributed by atoms with Crippen LogP contribution in [0.25, 0.3) is 0 Å². The number of aliphatic hydroxyl groups is 1. The maximum Gasteiger partial charge on any atom is 0.105 e. The van der Waals surface area contributed by atoms with Crippen LogP contribution in [0.1, 0.15) is 31.6 Å². The number of rotatable bonds is 4. The van der Waals surface area contributed by atoms with Gasteiger partial charge in [-0.25, -0.2) is 4.98 Å². The highest BCUT2D eigenvalue weighted by Gasteiger charge is 2.40. The first-order valence-corrected chi connectivity index (χ1v) is 6.19. The van der Waals surface area contributed by atoms with Crippen LogP contribution in [-0.4, -0.2) is 34.4 Å². The van der Waals surface area contributed by atoms with Crippen LogP contribution in [-0.2, 0) is 11.3 Å². The Morgan fingerprint density at radius 1 is 1.71 bits per heavy atom. The Hall–Kier alpha value is -0.910. The van der Waals surface area contributed by atoms with Gasteiger partial charge in [-0.15, -0.1) is 0 Å². The number of hydrogen-bond acceptors (Lipinski definition) is 4. The van der Waals surface area contributed by atoms with Gasteiger partial charge in [-0.1, -0.05) is 0 Å². The molecular weight excluding hydrogens is 218 g/mol. The summed E-state index contributed by atoms with van der Waals surface area (Å²) in [7, 11) is 0. The molecule has 17 heavy (non-hydrogen) atoms. The van der Waals surface area contributed by atoms with Gasteiger partial charge in [-0.05, 0) is 19.8 Å². The average Bonchev–Trinajstić information content (AvgIpc) is 2.86. The summed E-state index contributed by atoms with van der Waals surface area (Å²) in [6.07, 6.45) is 4.72. The maximum absolute atomic E-state index is 10.6. The monoisotopic (exact) mass is 239 g/mol. The third-order valence-electron chi connectivity index (χ3n) is 3.70. The predicted molar refractivity (Wildman–Crippen MR) is 64.4 cm³/mol. The normalized spacial score (nSPS) is 27.0. The second kappa shape index (κ2) is 5.16. The molecule has 1 aliphatic heterocycles. The van der Waals surface area contributed by atoms with E-state index in [-0.39, 0.29) is 5.41 Å². The Kier molecular flexibility index (Phi) is 3.81. The molecule has 0 spiro atoms. The molecule has 2 atom stereocenters. The smallest absolute Gasteiger partial charge is 0.105 e. The summed E-state index contributed by atoms with van der Waals surface area (Å²) in [5, 5.41) is 10.6. The summed E-state index contributed by atoms with van der Waals surface area (Å²) >= 11 is 0. The second-order valence-electron chi connectivity index (χ2n) is 4.73. The first-order valence-electron chi connectivity index (χ1n) is 6.19. The molecule has 0 radical (unpaired) electrons. The number of hydrogen-bond donors (Lipinski definition) is 2. The van der Waals surface area contributed by atoms with Crippen LogP contribution >= 0.6 is 0 Å². The fraction of sp³-hybridized carbons (Fsp3) is 0.750. The van der Waals surface area contributed by atoms with E-state index >= 15 is 0 Å². The Bertz CT molecular complexity index is 358. The van der Waals surface area contributed by atoms with E-state index in [1.165, 1.54) is 0 Å². The number of aliphatic hydroxyl groups excluding tert-OH is 1. The molecule has 2 heterocycles. The van der Waals surface area contributed by atoms with Crippen molar-refractivity contribution in [2.24, 2.45) is 11.1 Å². The third kappa shape index (κ3) is 2.22. The standard InChI is InChI=1S/C12H21N3O2/c1-2-15-9-14-6-10(15)11(16)12(7-13)4-3-5-17-8-12/h6,9,11,16H,2-5,7-8,13H2,1H3. The maximum atomic E-state index is 10.6. The van der Waals surface area contributed by atoms with E-state index in [0.29, 0.717) is 13.2 Å². The Balaban J connectivity index is 2.24. The van der Waals surface area contributed by atoms with Gasteiger partial charge >= 0.3 is 0 Å². The molecule has 1 saturated heterocycles. The van der Waals surface area contributed by atoms with E-state index in [9.17, 15) is 5.11 Å². The molecule has 5 heteroatoms. The summed E-state index contributed by atoms with van der Waals surface area (Å²) < 4.78 is 7.45. The number of aryl methyl sites for hydroxylation is 1. The van der Waals surface area contributed by atoms with Crippen molar-refractivity contribution in [3.8, 4) is 0 Å². The zero-order valence-electron chi connectivity index (χ0n) is 10.3. The fourth-order valence-electron chi connectivity index (χ4n) is 2.50. The summed E-state index contributed by atoms with van der Waals surface area (Å²) in [5.41, 5.74) is 6.35. The van der Waals surface area contributed by atoms with Gasteiger partial charge < -0.3 is 20.1 Å². The van der Waals surface area contributed by atoms with E-state index < -0.39 is 6.10 Å². The van der Waals surface area contributed by atoms with Crippen LogP contribution in [0, 0.1) is 5.41 Å². The quantitative estimate of drug-likeness (QED) is 0.811. The molecule has 0 saturated carbocycles. The third-order valence-corrected chi connectivity index (χ3v) is 3.70. The minimum atomic E-state index is -0.602. The number of nitrogens with two attached hydrogens (primary N) is 1. The molecule has 5 nitrogen and oxygen atoms in total. The molecule has 2 unspecified atom stereocenters. The lowest BCUT2D eigenvalue weighted by molar-refractivity contribution is -0.0807. The number of ether oxygens (including phenoxy) is 1. The van der Waals surface area contributed by atoms with Crippen LogP contribution in [0.2, 0.25) is 0 Å². The molecule has 3 N–H and O–H groups in total. The first-order chi connectivity index (χ1) is 8.23. The molecule has 2 rings (SSSR count). The Morgan fingerprint density at radius 2 is 2.53 bits per heavy atom. The van der Waals surface area contributed by atoms with E-state index in [0.717, 1.165) is 31.7 Å². The molecule has 0 amide bonds. The molecule has 96 valence electrons. The van der Waals surface area contributed by atoms with Gasteiger partial charge in [0.25, 0.3) is 0 Å². The molecular formula is C12H21N3O2. The lowest BCUT2D eigenvalue weighted by Crippen LogP contribution is -2.44. The molecule has 1 aromatic heterocycles. The average molecular weight is 239 g/mol. The first kappa shape index (κ1) is 12.5. The van der Waals surface area contributed by atoms with Gasteiger partial charge in [0.2, 0.25) is 0 Å². The van der Waals surface area contributed by atoms with Gasteiger partial charge in [-0.3, -0.25) is 0 Å². The molecule has 0 bridgehead atoms. The van der Waals surface area contributed by atoms with Crippen molar-refractivity contribution in [3.63, 3.8) is 0 Å². The van der Waals surface area contributed by atoms with E-state index in [4.69, 9.17) is 10.5 Å². The van der Waals surface area contributed by atoms with E-state index in [1.54, 1.807) is 12.5 Å². The molecule has 0 aromatic carbocycles.